The van der Waals surface area contributed by atoms with Crippen LogP contribution in [0.3, 0.4) is 0 Å². The van der Waals surface area contributed by atoms with Gasteiger partial charge in [-0.2, -0.15) is 39.5 Å². The van der Waals surface area contributed by atoms with Crippen molar-refractivity contribution in [3.63, 3.8) is 0 Å². The van der Waals surface area contributed by atoms with Crippen molar-refractivity contribution in [2.45, 2.75) is 30.4 Å². The van der Waals surface area contributed by atoms with Crippen molar-refractivity contribution in [3.8, 4) is 0 Å². The van der Waals surface area contributed by atoms with Gasteiger partial charge in [0.2, 0.25) is 0 Å². The zero-order valence-corrected chi connectivity index (χ0v) is 10.9. The monoisotopic (exact) mass is 416 g/mol. The number of hydrogen-bond donors (Lipinski definition) is 1. The summed E-state index contributed by atoms with van der Waals surface area (Å²) in [5, 5.41) is 8.32. The fraction of sp³-hybridized carbons (Fsp3) is 0.750. The first-order valence-corrected chi connectivity index (χ1v) is 5.47. The van der Waals surface area contributed by atoms with Crippen molar-refractivity contribution in [1.29, 1.82) is 0 Å². The van der Waals surface area contributed by atoms with E-state index in [-0.39, 0.29) is 0 Å². The Kier molecular flexibility index (Phi) is 5.60. The summed E-state index contributed by atoms with van der Waals surface area (Å²) in [5.74, 6) is -19.3. The molecule has 0 aromatic heterocycles. The molecular weight excluding hydrogens is 410 g/mol. The molecule has 1 nitrogen and oxygen atoms in total. The summed E-state index contributed by atoms with van der Waals surface area (Å²) < 4.78 is 111. The highest BCUT2D eigenvalue weighted by molar-refractivity contribution is 14.1. The summed E-state index contributed by atoms with van der Waals surface area (Å²) in [5.41, 5.74) is 0. The van der Waals surface area contributed by atoms with Crippen molar-refractivity contribution in [2.75, 3.05) is 6.61 Å². The molecule has 0 aromatic carbocycles. The highest BCUT2D eigenvalue weighted by Gasteiger charge is 2.81. The zero-order chi connectivity index (χ0) is 15.7. The van der Waals surface area contributed by atoms with E-state index in [1.165, 1.54) is 0 Å². The van der Waals surface area contributed by atoms with E-state index in [9.17, 15) is 39.5 Å². The molecule has 0 spiro atoms. The van der Waals surface area contributed by atoms with E-state index >= 15 is 0 Å². The van der Waals surface area contributed by atoms with Crippen molar-refractivity contribution < 1.29 is 44.6 Å². The van der Waals surface area contributed by atoms with Crippen LogP contribution in [0.1, 0.15) is 6.42 Å². The molecule has 19 heavy (non-hydrogen) atoms. The van der Waals surface area contributed by atoms with E-state index in [0.29, 0.717) is 0 Å². The number of alkyl halides is 9. The van der Waals surface area contributed by atoms with Crippen LogP contribution in [-0.4, -0.2) is 35.7 Å². The fourth-order valence-electron chi connectivity index (χ4n) is 0.854. The number of rotatable bonds is 5. The van der Waals surface area contributed by atoms with Crippen molar-refractivity contribution in [3.05, 3.63) is 9.66 Å². The van der Waals surface area contributed by atoms with Gasteiger partial charge in [-0.25, -0.2) is 0 Å². The Hall–Kier alpha value is -0.200. The van der Waals surface area contributed by atoms with Crippen LogP contribution in [0.2, 0.25) is 0 Å². The van der Waals surface area contributed by atoms with E-state index in [1.807, 2.05) is 0 Å². The Morgan fingerprint density at radius 1 is 0.895 bits per heavy atom. The topological polar surface area (TPSA) is 20.2 Å². The second kappa shape index (κ2) is 5.66. The van der Waals surface area contributed by atoms with Crippen LogP contribution in [0, 0.1) is 0 Å². The van der Waals surface area contributed by atoms with E-state index in [4.69, 9.17) is 5.11 Å². The third-order valence-corrected chi connectivity index (χ3v) is 2.71. The van der Waals surface area contributed by atoms with Crippen molar-refractivity contribution in [1.82, 2.24) is 0 Å². The van der Waals surface area contributed by atoms with Crippen LogP contribution < -0.4 is 0 Å². The highest BCUT2D eigenvalue weighted by atomic mass is 127. The van der Waals surface area contributed by atoms with Crippen LogP contribution in [0.4, 0.5) is 39.5 Å². The molecule has 0 bridgehead atoms. The summed E-state index contributed by atoms with van der Waals surface area (Å²) in [6, 6.07) is 0. The van der Waals surface area contributed by atoms with Gasteiger partial charge in [0.25, 0.3) is 0 Å². The van der Waals surface area contributed by atoms with Crippen LogP contribution in [0.25, 0.3) is 0 Å². The zero-order valence-electron chi connectivity index (χ0n) is 8.72. The normalized spacial score (nSPS) is 15.8. The third-order valence-electron chi connectivity index (χ3n) is 1.86. The van der Waals surface area contributed by atoms with Crippen LogP contribution in [0.15, 0.2) is 9.66 Å². The number of aliphatic hydroxyl groups is 1. The fourth-order valence-corrected chi connectivity index (χ4v) is 1.49. The molecule has 0 aliphatic rings. The molecule has 0 aliphatic carbocycles. The maximum absolute atomic E-state index is 12.9. The van der Waals surface area contributed by atoms with Gasteiger partial charge in [0.1, 0.15) is 0 Å². The Labute approximate surface area is 114 Å². The Morgan fingerprint density at radius 2 is 1.32 bits per heavy atom. The Balaban J connectivity index is 5.58. The summed E-state index contributed by atoms with van der Waals surface area (Å²) in [7, 11) is 0. The molecule has 0 aliphatic heterocycles. The van der Waals surface area contributed by atoms with E-state index in [1.54, 1.807) is 0 Å². The number of aliphatic hydroxyl groups excluding tert-OH is 1. The quantitative estimate of drug-likeness (QED) is 0.528. The second-order valence-corrected chi connectivity index (χ2v) is 4.72. The first-order valence-electron chi connectivity index (χ1n) is 4.39. The molecule has 0 aromatic rings. The average molecular weight is 416 g/mol. The Bertz CT molecular complexity index is 347. The van der Waals surface area contributed by atoms with Crippen LogP contribution in [0.5, 0.6) is 0 Å². The summed E-state index contributed by atoms with van der Waals surface area (Å²) in [4.78, 5) is 0. The lowest BCUT2D eigenvalue weighted by Crippen LogP contribution is -2.60. The molecule has 0 radical (unpaired) electrons. The van der Waals surface area contributed by atoms with Gasteiger partial charge in [-0.15, -0.1) is 0 Å². The predicted octanol–water partition coefficient (Wildman–Crippen LogP) is 4.16. The molecule has 0 saturated heterocycles. The second-order valence-electron chi connectivity index (χ2n) is 3.33. The lowest BCUT2D eigenvalue weighted by Gasteiger charge is -2.32. The number of halogens is 10. The minimum Gasteiger partial charge on any atom is -0.396 e. The smallest absolute Gasteiger partial charge is 0.396 e. The third kappa shape index (κ3) is 3.67. The first-order chi connectivity index (χ1) is 8.20. The SMILES string of the molecule is OCCC(I)=CC(F)(F)C(F)(F)C(F)(F)C(F)(F)F. The lowest BCUT2D eigenvalue weighted by atomic mass is 10.0. The number of allylic oxidation sites excluding steroid dienone is 1. The predicted molar refractivity (Wildman–Crippen MR) is 54.7 cm³/mol. The molecule has 114 valence electrons. The average Bonchev–Trinajstić information content (AvgIpc) is 2.14. The van der Waals surface area contributed by atoms with Gasteiger partial charge in [-0.1, -0.05) is 0 Å². The van der Waals surface area contributed by atoms with Crippen molar-refractivity contribution >= 4 is 22.6 Å². The van der Waals surface area contributed by atoms with Gasteiger partial charge in [-0.05, 0) is 26.2 Å². The molecule has 0 unspecified atom stereocenters. The summed E-state index contributed by atoms with van der Waals surface area (Å²) in [6.07, 6.45) is -8.12. The Morgan fingerprint density at radius 3 is 1.63 bits per heavy atom. The molecule has 0 fully saturated rings. The molecule has 0 amide bonds. The standard InChI is InChI=1S/C8H6F9IO/c9-5(10,3-4(18)1-2-19)6(11,12)7(13,14)8(15,16)17/h3,19H,1-2H2. The van der Waals surface area contributed by atoms with Crippen LogP contribution in [-0.2, 0) is 0 Å². The van der Waals surface area contributed by atoms with E-state index in [0.717, 1.165) is 22.6 Å². The van der Waals surface area contributed by atoms with Gasteiger partial charge in [0.05, 0.1) is 0 Å². The molecule has 11 heteroatoms. The van der Waals surface area contributed by atoms with Gasteiger partial charge in [-0.3, -0.25) is 0 Å². The number of hydrogen-bond acceptors (Lipinski definition) is 1. The molecular formula is C8H6F9IO. The van der Waals surface area contributed by atoms with Gasteiger partial charge in [0.15, 0.2) is 0 Å². The van der Waals surface area contributed by atoms with Crippen LogP contribution >= 0.6 is 22.6 Å². The summed E-state index contributed by atoms with van der Waals surface area (Å²) in [6.45, 7) is -0.758. The van der Waals surface area contributed by atoms with Gasteiger partial charge < -0.3 is 5.11 Å². The maximum atomic E-state index is 12.9. The van der Waals surface area contributed by atoms with Gasteiger partial charge in [0, 0.05) is 19.1 Å². The molecule has 0 rings (SSSR count). The molecule has 1 N–H and O–H groups in total. The molecule has 0 atom stereocenters. The first kappa shape index (κ1) is 18.8. The van der Waals surface area contributed by atoms with Gasteiger partial charge >= 0.3 is 23.9 Å². The molecule has 0 heterocycles. The highest BCUT2D eigenvalue weighted by Crippen LogP contribution is 2.53. The maximum Gasteiger partial charge on any atom is 0.460 e. The largest absolute Gasteiger partial charge is 0.460 e. The molecule has 0 saturated carbocycles. The minimum atomic E-state index is -6.89. The summed E-state index contributed by atoms with van der Waals surface area (Å²) >= 11 is 1.02. The van der Waals surface area contributed by atoms with E-state index in [2.05, 4.69) is 0 Å². The van der Waals surface area contributed by atoms with E-state index < -0.39 is 46.6 Å². The minimum absolute atomic E-state index is 0.580. The van der Waals surface area contributed by atoms with Crippen molar-refractivity contribution in [2.24, 2.45) is 0 Å². The lowest BCUT2D eigenvalue weighted by molar-refractivity contribution is -0.388.